The highest BCUT2D eigenvalue weighted by atomic mass is 32.2. The second-order valence-electron chi connectivity index (χ2n) is 9.62. The minimum atomic E-state index is -0.614. The Bertz CT molecular complexity index is 1550. The predicted molar refractivity (Wildman–Crippen MR) is 177 cm³/mol. The second-order valence-corrected chi connectivity index (χ2v) is 12.9. The average molecular weight is 703 g/mol. The minimum absolute atomic E-state index is 0.0397. The highest BCUT2D eigenvalue weighted by Crippen LogP contribution is 2.42. The van der Waals surface area contributed by atoms with E-state index in [9.17, 15) is 39.0 Å². The van der Waals surface area contributed by atoms with E-state index in [1.54, 1.807) is 0 Å². The first-order chi connectivity index (χ1) is 21.9. The fourth-order valence-electron chi connectivity index (χ4n) is 4.07. The summed E-state index contributed by atoms with van der Waals surface area (Å²) in [7, 11) is 0. The van der Waals surface area contributed by atoms with E-state index >= 15 is 0 Å². The van der Waals surface area contributed by atoms with Crippen LogP contribution < -0.4 is 21.7 Å². The molecular weight excluding hydrogens is 677 g/mol. The lowest BCUT2D eigenvalue weighted by Gasteiger charge is -2.15. The van der Waals surface area contributed by atoms with E-state index in [0.717, 1.165) is 23.5 Å². The van der Waals surface area contributed by atoms with Crippen molar-refractivity contribution in [3.05, 3.63) is 69.5 Å². The van der Waals surface area contributed by atoms with Crippen LogP contribution in [0.1, 0.15) is 46.4 Å². The van der Waals surface area contributed by atoms with Crippen molar-refractivity contribution < 1.29 is 39.0 Å². The van der Waals surface area contributed by atoms with Gasteiger partial charge in [0.1, 0.15) is 20.1 Å². The number of hydrogen-bond donors (Lipinski definition) is 6. The number of nitrogens with zero attached hydrogens (tertiary/aromatic N) is 2. The van der Waals surface area contributed by atoms with Gasteiger partial charge in [0.05, 0.1) is 9.81 Å². The number of aromatic hydroxyl groups is 2. The third kappa shape index (κ3) is 8.81. The molecule has 0 spiro atoms. The van der Waals surface area contributed by atoms with E-state index in [0.29, 0.717) is 0 Å². The largest absolute Gasteiger partial charge is 0.508 e. The molecule has 0 bridgehead atoms. The molecule has 6 amide bonds. The molecule has 2 aliphatic heterocycles. The lowest BCUT2D eigenvalue weighted by atomic mass is 10.2. The van der Waals surface area contributed by atoms with E-state index in [2.05, 4.69) is 21.7 Å². The summed E-state index contributed by atoms with van der Waals surface area (Å²) < 4.78 is 0.430. The van der Waals surface area contributed by atoms with Gasteiger partial charge in [-0.25, -0.2) is 0 Å². The van der Waals surface area contributed by atoms with Crippen LogP contribution in [-0.4, -0.2) is 77.2 Å². The SMILES string of the molecule is O=C(CCCN1C(=O)/C(=C2\SC(=S)N(CCCC(=O)NNC(=O)c3cccc(O)c3)C2=O)SC1=S)NNC(=O)c1cccc(O)c1. The summed E-state index contributed by atoms with van der Waals surface area (Å²) in [4.78, 5) is 77.7. The summed E-state index contributed by atoms with van der Waals surface area (Å²) in [5.41, 5.74) is 9.34. The topological polar surface area (TPSA) is 197 Å². The number of carbonyl (C=O) groups is 6. The van der Waals surface area contributed by atoms with Crippen LogP contribution in [0.4, 0.5) is 0 Å². The maximum atomic E-state index is 13.1. The highest BCUT2D eigenvalue weighted by molar-refractivity contribution is 8.29. The zero-order chi connectivity index (χ0) is 33.4. The number of nitrogens with one attached hydrogen (secondary N) is 4. The number of hydrazine groups is 2. The third-order valence-electron chi connectivity index (χ3n) is 6.32. The quantitative estimate of drug-likeness (QED) is 0.120. The Balaban J connectivity index is 1.21. The molecule has 4 rings (SSSR count). The lowest BCUT2D eigenvalue weighted by molar-refractivity contribution is -0.125. The zero-order valence-corrected chi connectivity index (χ0v) is 27.0. The molecule has 14 nitrogen and oxygen atoms in total. The van der Waals surface area contributed by atoms with Crippen molar-refractivity contribution in [3.8, 4) is 11.5 Å². The Labute approximate surface area is 281 Å². The summed E-state index contributed by atoms with van der Waals surface area (Å²) in [6, 6.07) is 11.2. The number of benzene rings is 2. The van der Waals surface area contributed by atoms with Gasteiger partial charge in [-0.1, -0.05) is 60.1 Å². The van der Waals surface area contributed by atoms with Gasteiger partial charge in [-0.05, 0) is 49.2 Å². The number of amides is 6. The summed E-state index contributed by atoms with van der Waals surface area (Å²) in [5.74, 6) is -3.42. The Morgan fingerprint density at radius 1 is 0.652 bits per heavy atom. The molecule has 0 unspecified atom stereocenters. The fraction of sp³-hybridized carbons (Fsp3) is 0.214. The van der Waals surface area contributed by atoms with Crippen LogP contribution in [0.15, 0.2) is 58.3 Å². The molecule has 18 heteroatoms. The molecule has 0 aromatic heterocycles. The zero-order valence-electron chi connectivity index (χ0n) is 23.7. The van der Waals surface area contributed by atoms with Gasteiger partial charge in [-0.15, -0.1) is 0 Å². The van der Waals surface area contributed by atoms with Crippen molar-refractivity contribution in [2.24, 2.45) is 0 Å². The molecule has 6 N–H and O–H groups in total. The molecule has 2 aromatic rings. The van der Waals surface area contributed by atoms with Crippen LogP contribution in [0.25, 0.3) is 0 Å². The normalized spacial score (nSPS) is 16.1. The lowest BCUT2D eigenvalue weighted by Crippen LogP contribution is -2.42. The maximum absolute atomic E-state index is 13.1. The number of rotatable bonds is 10. The van der Waals surface area contributed by atoms with Crippen LogP contribution in [0.3, 0.4) is 0 Å². The van der Waals surface area contributed by atoms with Gasteiger partial charge >= 0.3 is 0 Å². The van der Waals surface area contributed by atoms with Crippen molar-refractivity contribution in [2.75, 3.05) is 13.1 Å². The highest BCUT2D eigenvalue weighted by Gasteiger charge is 2.41. The fourth-order valence-corrected chi connectivity index (χ4v) is 6.84. The number of phenolic OH excluding ortho intramolecular Hbond substituents is 2. The van der Waals surface area contributed by atoms with Gasteiger partial charge in [0, 0.05) is 37.1 Å². The molecule has 2 heterocycles. The third-order valence-corrected chi connectivity index (χ3v) is 9.35. The predicted octanol–water partition coefficient (Wildman–Crippen LogP) is 1.81. The van der Waals surface area contributed by atoms with E-state index in [-0.39, 0.29) is 79.9 Å². The van der Waals surface area contributed by atoms with Crippen LogP contribution >= 0.6 is 48.0 Å². The van der Waals surface area contributed by atoms with Crippen molar-refractivity contribution >= 4 is 92.0 Å². The first-order valence-corrected chi connectivity index (χ1v) is 16.0. The second kappa shape index (κ2) is 15.7. The van der Waals surface area contributed by atoms with Crippen LogP contribution in [0, 0.1) is 0 Å². The minimum Gasteiger partial charge on any atom is -0.508 e. The van der Waals surface area contributed by atoms with Crippen LogP contribution in [-0.2, 0) is 19.2 Å². The molecule has 0 radical (unpaired) electrons. The molecule has 0 atom stereocenters. The Morgan fingerprint density at radius 3 is 1.41 bits per heavy atom. The molecule has 2 saturated heterocycles. The first kappa shape index (κ1) is 34.4. The van der Waals surface area contributed by atoms with Gasteiger partial charge < -0.3 is 10.2 Å². The van der Waals surface area contributed by atoms with Gasteiger partial charge in [0.2, 0.25) is 11.8 Å². The molecule has 0 aliphatic carbocycles. The molecule has 0 saturated carbocycles. The van der Waals surface area contributed by atoms with Gasteiger partial charge in [0.15, 0.2) is 0 Å². The monoisotopic (exact) mass is 702 g/mol. The standard InChI is InChI=1S/C28H26N6O8S4/c35-17-7-1-5-15(13-17)23(39)31-29-19(37)9-3-11-33-25(41)21(45-27(33)43)22-26(42)34(28(44)46-22)12-4-10-20(38)30-32-24(40)16-6-2-8-18(36)14-16/h1-2,5-8,13-14,35-36H,3-4,9-12H2,(H,29,37)(H,30,38)(H,31,39)(H,32,40)/b22-21+. The van der Waals surface area contributed by atoms with Gasteiger partial charge in [-0.3, -0.25) is 60.3 Å². The number of thioether (sulfide) groups is 2. The summed E-state index contributed by atoms with van der Waals surface area (Å²) in [6.07, 6.45) is 0.347. The smallest absolute Gasteiger partial charge is 0.269 e. The first-order valence-electron chi connectivity index (χ1n) is 13.5. The number of hydrogen-bond acceptors (Lipinski definition) is 12. The molecule has 2 aliphatic rings. The van der Waals surface area contributed by atoms with Crippen LogP contribution in [0.5, 0.6) is 11.5 Å². The Kier molecular flexibility index (Phi) is 11.7. The average Bonchev–Trinajstić information content (AvgIpc) is 3.47. The van der Waals surface area contributed by atoms with Crippen LogP contribution in [0.2, 0.25) is 0 Å². The summed E-state index contributed by atoms with van der Waals surface area (Å²) in [6.45, 7) is 0.193. The number of thiocarbonyl (C=S) groups is 2. The molecule has 240 valence electrons. The maximum Gasteiger partial charge on any atom is 0.269 e. The summed E-state index contributed by atoms with van der Waals surface area (Å²) in [5, 5.41) is 19.0. The Morgan fingerprint density at radius 2 is 1.04 bits per heavy atom. The Hall–Kier alpha value is -4.52. The van der Waals surface area contributed by atoms with E-state index in [1.807, 2.05) is 0 Å². The van der Waals surface area contributed by atoms with Gasteiger partial charge in [0.25, 0.3) is 23.6 Å². The summed E-state index contributed by atoms with van der Waals surface area (Å²) >= 11 is 12.6. The molecule has 2 fully saturated rings. The van der Waals surface area contributed by atoms with Crippen molar-refractivity contribution in [2.45, 2.75) is 25.7 Å². The molecular formula is C28H26N6O8S4. The van der Waals surface area contributed by atoms with E-state index in [4.69, 9.17) is 24.4 Å². The van der Waals surface area contributed by atoms with Gasteiger partial charge in [-0.2, -0.15) is 0 Å². The van der Waals surface area contributed by atoms with Crippen molar-refractivity contribution in [3.63, 3.8) is 0 Å². The molecule has 46 heavy (non-hydrogen) atoms. The molecule has 2 aromatic carbocycles. The number of phenols is 2. The van der Waals surface area contributed by atoms with Crippen molar-refractivity contribution in [1.29, 1.82) is 0 Å². The number of carbonyl (C=O) groups excluding carboxylic acids is 6. The van der Waals surface area contributed by atoms with E-state index < -0.39 is 35.4 Å². The van der Waals surface area contributed by atoms with E-state index in [1.165, 1.54) is 58.3 Å². The van der Waals surface area contributed by atoms with Crippen molar-refractivity contribution in [1.82, 2.24) is 31.5 Å².